The molecule has 0 aliphatic rings. The van der Waals surface area contributed by atoms with E-state index in [9.17, 15) is 13.2 Å². The summed E-state index contributed by atoms with van der Waals surface area (Å²) in [4.78, 5) is 7.49. The highest BCUT2D eigenvalue weighted by atomic mass is 19.4. The van der Waals surface area contributed by atoms with E-state index in [-0.39, 0.29) is 12.2 Å². The molecule has 3 heterocycles. The van der Waals surface area contributed by atoms with Crippen LogP contribution in [0.2, 0.25) is 0 Å². The van der Waals surface area contributed by atoms with E-state index in [1.54, 1.807) is 12.4 Å². The minimum absolute atomic E-state index is 0.0677. The first-order chi connectivity index (χ1) is 15.4. The molecule has 0 amide bonds. The molecule has 32 heavy (non-hydrogen) atoms. The van der Waals surface area contributed by atoms with Crippen LogP contribution >= 0.6 is 0 Å². The Balaban J connectivity index is 1.41. The maximum atomic E-state index is 12.8. The Kier molecular flexibility index (Phi) is 5.84. The average molecular weight is 437 g/mol. The minimum atomic E-state index is -4.52. The average Bonchev–Trinajstić information content (AvgIpc) is 3.23. The first kappa shape index (κ1) is 21.0. The predicted molar refractivity (Wildman–Crippen MR) is 116 cm³/mol. The Morgan fingerprint density at radius 3 is 2.62 bits per heavy atom. The zero-order valence-corrected chi connectivity index (χ0v) is 16.6. The monoisotopic (exact) mass is 437 g/mol. The lowest BCUT2D eigenvalue weighted by Gasteiger charge is -2.10. The number of aromatic nitrogens is 3. The zero-order chi connectivity index (χ0) is 22.6. The number of benzene rings is 1. The van der Waals surface area contributed by atoms with Crippen LogP contribution in [0.3, 0.4) is 0 Å². The van der Waals surface area contributed by atoms with Crippen molar-refractivity contribution in [2.45, 2.75) is 6.18 Å². The summed E-state index contributed by atoms with van der Waals surface area (Å²) in [6, 6.07) is 13.9. The lowest BCUT2D eigenvalue weighted by Crippen LogP contribution is -2.10. The number of rotatable bonds is 7. The number of alkyl halides is 3. The van der Waals surface area contributed by atoms with Crippen LogP contribution in [0.4, 0.5) is 24.5 Å². The Bertz CT molecular complexity index is 1260. The van der Waals surface area contributed by atoms with Gasteiger partial charge in [0.25, 0.3) is 0 Å². The van der Waals surface area contributed by atoms with Crippen molar-refractivity contribution in [2.75, 3.05) is 17.2 Å². The van der Waals surface area contributed by atoms with Crippen molar-refractivity contribution >= 4 is 22.3 Å². The number of hydrogen-bond acceptors (Lipinski definition) is 6. The van der Waals surface area contributed by atoms with E-state index in [0.717, 1.165) is 34.5 Å². The molecule has 162 valence electrons. The van der Waals surface area contributed by atoms with Crippen molar-refractivity contribution < 1.29 is 13.2 Å². The molecular formula is C22H18F3N7. The highest BCUT2D eigenvalue weighted by Crippen LogP contribution is 2.28. The summed E-state index contributed by atoms with van der Waals surface area (Å²) in [5.74, 6) is 0. The van der Waals surface area contributed by atoms with Gasteiger partial charge in [-0.25, -0.2) is 5.53 Å². The van der Waals surface area contributed by atoms with Crippen molar-refractivity contribution in [1.29, 1.82) is 5.53 Å². The van der Waals surface area contributed by atoms with Gasteiger partial charge in [-0.05, 0) is 48.5 Å². The van der Waals surface area contributed by atoms with Crippen LogP contribution in [0, 0.1) is 5.53 Å². The SMILES string of the molecule is N=N/C(=C\Nc1ccc(-n2ccc3ccncc32)cc1)CNc1ccnc(C(F)(F)F)c1. The smallest absolute Gasteiger partial charge is 0.379 e. The minimum Gasteiger partial charge on any atom is -0.379 e. The van der Waals surface area contributed by atoms with Gasteiger partial charge in [0.05, 0.1) is 24.0 Å². The second kappa shape index (κ2) is 8.88. The number of hydrogen-bond donors (Lipinski definition) is 3. The molecule has 7 nitrogen and oxygen atoms in total. The van der Waals surface area contributed by atoms with Gasteiger partial charge in [-0.15, -0.1) is 0 Å². The molecule has 4 rings (SSSR count). The van der Waals surface area contributed by atoms with Gasteiger partial charge >= 0.3 is 6.18 Å². The molecule has 0 bridgehead atoms. The van der Waals surface area contributed by atoms with E-state index in [1.807, 2.05) is 47.2 Å². The topological polar surface area (TPSA) is 91.0 Å². The van der Waals surface area contributed by atoms with Gasteiger partial charge in [0, 0.05) is 47.2 Å². The Labute approximate surface area is 181 Å². The van der Waals surface area contributed by atoms with Crippen LogP contribution < -0.4 is 10.6 Å². The third-order valence-corrected chi connectivity index (χ3v) is 4.71. The van der Waals surface area contributed by atoms with E-state index in [2.05, 4.69) is 25.7 Å². The first-order valence-corrected chi connectivity index (χ1v) is 9.56. The van der Waals surface area contributed by atoms with Crippen LogP contribution in [-0.2, 0) is 6.18 Å². The fraction of sp³-hybridized carbons (Fsp3) is 0.0909. The zero-order valence-electron chi connectivity index (χ0n) is 16.6. The fourth-order valence-corrected chi connectivity index (χ4v) is 3.10. The summed E-state index contributed by atoms with van der Waals surface area (Å²) >= 11 is 0. The molecule has 3 aromatic heterocycles. The summed E-state index contributed by atoms with van der Waals surface area (Å²) in [7, 11) is 0. The lowest BCUT2D eigenvalue weighted by atomic mass is 10.2. The maximum Gasteiger partial charge on any atom is 0.433 e. The molecule has 0 radical (unpaired) electrons. The lowest BCUT2D eigenvalue weighted by molar-refractivity contribution is -0.141. The van der Waals surface area contributed by atoms with Crippen molar-refractivity contribution in [3.63, 3.8) is 0 Å². The summed E-state index contributed by atoms with van der Waals surface area (Å²) in [6.07, 6.45) is 3.61. The predicted octanol–water partition coefficient (Wildman–Crippen LogP) is 5.84. The molecule has 0 spiro atoms. The molecule has 0 atom stereocenters. The Hall–Kier alpha value is -4.21. The molecule has 0 aliphatic heterocycles. The van der Waals surface area contributed by atoms with Crippen LogP contribution in [-0.4, -0.2) is 21.1 Å². The van der Waals surface area contributed by atoms with Gasteiger partial charge in [0.1, 0.15) is 5.69 Å². The molecular weight excluding hydrogens is 419 g/mol. The largest absolute Gasteiger partial charge is 0.433 e. The summed E-state index contributed by atoms with van der Waals surface area (Å²) in [6.45, 7) is 0.0677. The van der Waals surface area contributed by atoms with Crippen LogP contribution in [0.15, 0.2) is 90.3 Å². The maximum absolute atomic E-state index is 12.8. The summed E-state index contributed by atoms with van der Waals surface area (Å²) in [5.41, 5.74) is 9.61. The van der Waals surface area contributed by atoms with Crippen molar-refractivity contribution in [3.05, 3.63) is 90.9 Å². The van der Waals surface area contributed by atoms with Crippen LogP contribution in [0.5, 0.6) is 0 Å². The van der Waals surface area contributed by atoms with Gasteiger partial charge in [-0.2, -0.15) is 18.3 Å². The van der Waals surface area contributed by atoms with Gasteiger partial charge in [0.2, 0.25) is 0 Å². The first-order valence-electron chi connectivity index (χ1n) is 9.56. The van der Waals surface area contributed by atoms with E-state index >= 15 is 0 Å². The highest BCUT2D eigenvalue weighted by molar-refractivity contribution is 5.81. The number of nitrogens with one attached hydrogen (secondary N) is 3. The molecule has 4 aromatic rings. The van der Waals surface area contributed by atoms with Crippen LogP contribution in [0.25, 0.3) is 16.6 Å². The standard InChI is InChI=1S/C22H18F3N7/c23-22(24,25)21-11-17(6-9-28-21)30-13-18(31-26)12-29-16-1-3-19(4-2-16)32-10-7-15-5-8-27-14-20(15)32/h1-12,14,26,29H,13H2,(H,28,30)/b18-12-,31-26?. The molecule has 0 saturated heterocycles. The second-order valence-corrected chi connectivity index (χ2v) is 6.84. The molecule has 3 N–H and O–H groups in total. The Morgan fingerprint density at radius 2 is 1.88 bits per heavy atom. The van der Waals surface area contributed by atoms with Crippen molar-refractivity contribution in [1.82, 2.24) is 14.5 Å². The van der Waals surface area contributed by atoms with Crippen LogP contribution in [0.1, 0.15) is 5.69 Å². The number of anilines is 2. The normalized spacial score (nSPS) is 12.0. The third kappa shape index (κ3) is 4.75. The molecule has 0 unspecified atom stereocenters. The van der Waals surface area contributed by atoms with Gasteiger partial charge in [-0.3, -0.25) is 9.97 Å². The molecule has 0 aliphatic carbocycles. The molecule has 0 saturated carbocycles. The summed E-state index contributed by atoms with van der Waals surface area (Å²) in [5, 5.41) is 10.4. The Morgan fingerprint density at radius 1 is 1.06 bits per heavy atom. The van der Waals surface area contributed by atoms with Gasteiger partial charge in [-0.1, -0.05) is 0 Å². The van der Waals surface area contributed by atoms with Crippen molar-refractivity contribution in [3.8, 4) is 5.69 Å². The third-order valence-electron chi connectivity index (χ3n) is 4.71. The molecule has 0 fully saturated rings. The van der Waals surface area contributed by atoms with Gasteiger partial charge < -0.3 is 15.2 Å². The quantitative estimate of drug-likeness (QED) is 0.317. The van der Waals surface area contributed by atoms with E-state index in [4.69, 9.17) is 5.53 Å². The van der Waals surface area contributed by atoms with Gasteiger partial charge in [0.15, 0.2) is 0 Å². The fourth-order valence-electron chi connectivity index (χ4n) is 3.10. The number of fused-ring (bicyclic) bond motifs is 1. The van der Waals surface area contributed by atoms with E-state index < -0.39 is 11.9 Å². The highest BCUT2D eigenvalue weighted by Gasteiger charge is 2.32. The van der Waals surface area contributed by atoms with E-state index in [1.165, 1.54) is 12.3 Å². The number of nitrogens with zero attached hydrogens (tertiary/aromatic N) is 4. The second-order valence-electron chi connectivity index (χ2n) is 6.84. The van der Waals surface area contributed by atoms with Crippen molar-refractivity contribution in [2.24, 2.45) is 5.11 Å². The molecule has 1 aromatic carbocycles. The number of pyridine rings is 2. The number of halogens is 3. The van der Waals surface area contributed by atoms with E-state index in [0.29, 0.717) is 5.70 Å². The summed E-state index contributed by atoms with van der Waals surface area (Å²) < 4.78 is 40.3. The molecule has 10 heteroatoms.